The van der Waals surface area contributed by atoms with Crippen LogP contribution in [0.25, 0.3) is 0 Å². The molecule has 0 aliphatic heterocycles. The van der Waals surface area contributed by atoms with Gasteiger partial charge >= 0.3 is 0 Å². The maximum atomic E-state index is 11.3. The first-order valence-corrected chi connectivity index (χ1v) is 5.55. The number of rotatable bonds is 6. The van der Waals surface area contributed by atoms with Crippen molar-refractivity contribution in [2.24, 2.45) is 10.9 Å². The standard InChI is InChI=1S/C6H16N4O3S/c1-3-8-14(12,13)10(2)5-4-6(7)9-11/h8,11H,3-5H2,1-2H3,(H2,7,9). The van der Waals surface area contributed by atoms with Crippen molar-refractivity contribution in [2.45, 2.75) is 13.3 Å². The summed E-state index contributed by atoms with van der Waals surface area (Å²) in [4.78, 5) is 0. The molecule has 84 valence electrons. The van der Waals surface area contributed by atoms with Gasteiger partial charge in [0.05, 0.1) is 0 Å². The third-order valence-electron chi connectivity index (χ3n) is 1.55. The lowest BCUT2D eigenvalue weighted by molar-refractivity contribution is 0.316. The zero-order chi connectivity index (χ0) is 11.2. The lowest BCUT2D eigenvalue weighted by Crippen LogP contribution is -2.39. The second-order valence-electron chi connectivity index (χ2n) is 2.67. The van der Waals surface area contributed by atoms with Crippen LogP contribution >= 0.6 is 0 Å². The Morgan fingerprint density at radius 2 is 2.21 bits per heavy atom. The first-order valence-electron chi connectivity index (χ1n) is 4.11. The van der Waals surface area contributed by atoms with E-state index >= 15 is 0 Å². The summed E-state index contributed by atoms with van der Waals surface area (Å²) in [6.45, 7) is 2.19. The molecule has 0 rings (SSSR count). The number of nitrogens with one attached hydrogen (secondary N) is 1. The quantitative estimate of drug-likeness (QED) is 0.230. The summed E-state index contributed by atoms with van der Waals surface area (Å²) in [6.07, 6.45) is 0.192. The molecule has 0 spiro atoms. The first kappa shape index (κ1) is 13.1. The van der Waals surface area contributed by atoms with E-state index in [0.29, 0.717) is 6.54 Å². The van der Waals surface area contributed by atoms with Gasteiger partial charge in [-0.2, -0.15) is 12.7 Å². The number of nitrogens with zero attached hydrogens (tertiary/aromatic N) is 2. The van der Waals surface area contributed by atoms with E-state index in [1.54, 1.807) is 6.92 Å². The van der Waals surface area contributed by atoms with Gasteiger partial charge in [-0.25, -0.2) is 4.72 Å². The lowest BCUT2D eigenvalue weighted by Gasteiger charge is -2.16. The molecule has 0 amide bonds. The van der Waals surface area contributed by atoms with Crippen molar-refractivity contribution in [1.82, 2.24) is 9.03 Å². The molecule has 0 heterocycles. The monoisotopic (exact) mass is 224 g/mol. The van der Waals surface area contributed by atoms with Gasteiger partial charge in [0.2, 0.25) is 0 Å². The van der Waals surface area contributed by atoms with E-state index in [1.807, 2.05) is 0 Å². The van der Waals surface area contributed by atoms with Gasteiger partial charge < -0.3 is 10.9 Å². The molecule has 0 bridgehead atoms. The van der Waals surface area contributed by atoms with Crippen LogP contribution in [0.3, 0.4) is 0 Å². The van der Waals surface area contributed by atoms with Crippen LogP contribution in [0.1, 0.15) is 13.3 Å². The normalized spacial score (nSPS) is 13.5. The van der Waals surface area contributed by atoms with Gasteiger partial charge in [-0.1, -0.05) is 12.1 Å². The van der Waals surface area contributed by atoms with Crippen molar-refractivity contribution < 1.29 is 13.6 Å². The largest absolute Gasteiger partial charge is 0.409 e. The summed E-state index contributed by atoms with van der Waals surface area (Å²) in [6, 6.07) is 0. The first-order chi connectivity index (χ1) is 6.44. The maximum absolute atomic E-state index is 11.3. The second kappa shape index (κ2) is 5.78. The Kier molecular flexibility index (Phi) is 5.43. The molecule has 14 heavy (non-hydrogen) atoms. The molecule has 0 aromatic rings. The Hall–Kier alpha value is -0.860. The minimum atomic E-state index is -3.42. The van der Waals surface area contributed by atoms with E-state index in [9.17, 15) is 8.42 Å². The molecule has 0 radical (unpaired) electrons. The van der Waals surface area contributed by atoms with Crippen LogP contribution in [-0.2, 0) is 10.2 Å². The fourth-order valence-electron chi connectivity index (χ4n) is 0.735. The minimum absolute atomic E-state index is 0.00329. The predicted octanol–water partition coefficient (Wildman–Crippen LogP) is -1.09. The third-order valence-corrected chi connectivity index (χ3v) is 3.21. The van der Waals surface area contributed by atoms with Gasteiger partial charge in [-0.05, 0) is 0 Å². The van der Waals surface area contributed by atoms with E-state index in [1.165, 1.54) is 7.05 Å². The summed E-state index contributed by atoms with van der Waals surface area (Å²) >= 11 is 0. The maximum Gasteiger partial charge on any atom is 0.279 e. The molecule has 4 N–H and O–H groups in total. The molecule has 0 unspecified atom stereocenters. The molecule has 0 aliphatic rings. The van der Waals surface area contributed by atoms with Crippen molar-refractivity contribution in [1.29, 1.82) is 0 Å². The smallest absolute Gasteiger partial charge is 0.279 e. The van der Waals surface area contributed by atoms with Crippen molar-refractivity contribution >= 4 is 16.0 Å². The van der Waals surface area contributed by atoms with Crippen LogP contribution in [0.4, 0.5) is 0 Å². The van der Waals surface area contributed by atoms with Gasteiger partial charge in [-0.3, -0.25) is 0 Å². The van der Waals surface area contributed by atoms with Crippen molar-refractivity contribution in [3.8, 4) is 0 Å². The summed E-state index contributed by atoms with van der Waals surface area (Å²) < 4.78 is 26.0. The lowest BCUT2D eigenvalue weighted by atomic mass is 10.4. The average molecular weight is 224 g/mol. The fraction of sp³-hybridized carbons (Fsp3) is 0.833. The zero-order valence-corrected chi connectivity index (χ0v) is 9.08. The number of hydrogen-bond acceptors (Lipinski definition) is 4. The van der Waals surface area contributed by atoms with E-state index in [0.717, 1.165) is 4.31 Å². The van der Waals surface area contributed by atoms with Crippen molar-refractivity contribution in [2.75, 3.05) is 20.1 Å². The summed E-state index contributed by atoms with van der Waals surface area (Å²) in [5.41, 5.74) is 5.20. The molecular formula is C6H16N4O3S. The molecule has 0 fully saturated rings. The SMILES string of the molecule is CCNS(=O)(=O)N(C)CCC(N)=NO. The Bertz CT molecular complexity index is 287. The second-order valence-corrected chi connectivity index (χ2v) is 4.53. The molecule has 0 aromatic carbocycles. The Labute approximate surface area is 83.8 Å². The van der Waals surface area contributed by atoms with E-state index in [2.05, 4.69) is 9.88 Å². The number of amidine groups is 1. The average Bonchev–Trinajstić information content (AvgIpc) is 2.13. The van der Waals surface area contributed by atoms with Crippen molar-refractivity contribution in [3.05, 3.63) is 0 Å². The highest BCUT2D eigenvalue weighted by molar-refractivity contribution is 7.87. The Balaban J connectivity index is 4.15. The molecular weight excluding hydrogens is 208 g/mol. The highest BCUT2D eigenvalue weighted by atomic mass is 32.2. The van der Waals surface area contributed by atoms with Gasteiger partial charge in [0.15, 0.2) is 0 Å². The minimum Gasteiger partial charge on any atom is -0.409 e. The highest BCUT2D eigenvalue weighted by Gasteiger charge is 2.15. The van der Waals surface area contributed by atoms with Gasteiger partial charge in [0.25, 0.3) is 10.2 Å². The molecule has 0 aromatic heterocycles. The molecule has 8 heteroatoms. The van der Waals surface area contributed by atoms with Crippen LogP contribution in [-0.4, -0.2) is 43.9 Å². The number of nitrogens with two attached hydrogens (primary N) is 1. The van der Waals surface area contributed by atoms with E-state index in [-0.39, 0.29) is 18.8 Å². The molecule has 0 saturated carbocycles. The topological polar surface area (TPSA) is 108 Å². The van der Waals surface area contributed by atoms with Gasteiger partial charge in [-0.15, -0.1) is 0 Å². The molecule has 0 atom stereocenters. The van der Waals surface area contributed by atoms with Gasteiger partial charge in [0.1, 0.15) is 5.84 Å². The van der Waals surface area contributed by atoms with Crippen molar-refractivity contribution in [3.63, 3.8) is 0 Å². The van der Waals surface area contributed by atoms with E-state index in [4.69, 9.17) is 10.9 Å². The van der Waals surface area contributed by atoms with Crippen LogP contribution in [0.5, 0.6) is 0 Å². The molecule has 0 aliphatic carbocycles. The Morgan fingerprint density at radius 1 is 1.64 bits per heavy atom. The Morgan fingerprint density at radius 3 is 2.64 bits per heavy atom. The third kappa shape index (κ3) is 4.40. The summed E-state index contributed by atoms with van der Waals surface area (Å²) in [5, 5.41) is 11.0. The van der Waals surface area contributed by atoms with E-state index < -0.39 is 10.2 Å². The van der Waals surface area contributed by atoms with Crippen LogP contribution < -0.4 is 10.5 Å². The number of hydrogen-bond donors (Lipinski definition) is 3. The number of oxime groups is 1. The predicted molar refractivity (Wildman–Crippen MR) is 53.3 cm³/mol. The molecule has 0 saturated heterocycles. The van der Waals surface area contributed by atoms with Crippen LogP contribution in [0.2, 0.25) is 0 Å². The zero-order valence-electron chi connectivity index (χ0n) is 8.27. The van der Waals surface area contributed by atoms with Crippen LogP contribution in [0, 0.1) is 0 Å². The fourth-order valence-corrected chi connectivity index (χ4v) is 1.65. The molecule has 7 nitrogen and oxygen atoms in total. The van der Waals surface area contributed by atoms with Crippen LogP contribution in [0.15, 0.2) is 5.16 Å². The summed E-state index contributed by atoms with van der Waals surface area (Å²) in [5.74, 6) is 0.00329. The summed E-state index contributed by atoms with van der Waals surface area (Å²) in [7, 11) is -2.00. The van der Waals surface area contributed by atoms with Gasteiger partial charge in [0, 0.05) is 26.6 Å². The highest BCUT2D eigenvalue weighted by Crippen LogP contribution is 1.95.